The summed E-state index contributed by atoms with van der Waals surface area (Å²) >= 11 is 3.33. The molecule has 1 aromatic carbocycles. The number of hydrogen-bond acceptors (Lipinski definition) is 3. The second kappa shape index (κ2) is 22.3. The van der Waals surface area contributed by atoms with E-state index in [4.69, 9.17) is 4.65 Å². The fraction of sp³-hybridized carbons (Fsp3) is 0. The van der Waals surface area contributed by atoms with E-state index in [1.807, 2.05) is 128 Å². The molecule has 0 bridgehead atoms. The van der Waals surface area contributed by atoms with Crippen LogP contribution in [0.15, 0.2) is 27.8 Å². The molecule has 0 aliphatic carbocycles. The van der Waals surface area contributed by atoms with Crippen LogP contribution in [0.1, 0.15) is 0 Å². The van der Waals surface area contributed by atoms with Crippen molar-refractivity contribution in [1.82, 2.24) is 0 Å². The Kier molecular flexibility index (Phi) is 21.2. The summed E-state index contributed by atoms with van der Waals surface area (Å²) < 4.78 is 6.15. The predicted octanol–water partition coefficient (Wildman–Crippen LogP) is -5.84. The minimum absolute atomic E-state index is 0.348. The normalized spacial score (nSPS) is 8.42. The zero-order valence-electron chi connectivity index (χ0n) is 17.4. The molecule has 0 unspecified atom stereocenters. The van der Waals surface area contributed by atoms with Gasteiger partial charge in [0.15, 0.2) is 0 Å². The summed E-state index contributed by atoms with van der Waals surface area (Å²) in [6.45, 7) is 37.0. The maximum atomic E-state index is 10.5. The van der Waals surface area contributed by atoms with Gasteiger partial charge >= 0.3 is 207 Å². The number of rotatable bonds is 12. The van der Waals surface area contributed by atoms with Crippen molar-refractivity contribution in [1.29, 1.82) is 0 Å². The third kappa shape index (κ3) is 17.6. The van der Waals surface area contributed by atoms with Crippen molar-refractivity contribution in [3.8, 4) is 5.75 Å². The Hall–Kier alpha value is 0.464. The molecule has 3 nitrogen and oxygen atoms in total. The van der Waals surface area contributed by atoms with Gasteiger partial charge in [-0.1, -0.05) is 0 Å². The molecular weight excluding hydrogens is 425 g/mol. The van der Waals surface area contributed by atoms with Crippen LogP contribution in [0.25, 0.3) is 0 Å². The molecule has 0 radical (unpaired) electrons. The predicted molar refractivity (Wildman–Crippen MR) is 164 cm³/mol. The van der Waals surface area contributed by atoms with Gasteiger partial charge in [-0.15, -0.1) is 0 Å². The molecule has 0 saturated carbocycles. The topological polar surface area (TPSA) is 38.7 Å². The molecule has 0 aliphatic heterocycles. The Morgan fingerprint density at radius 2 is 1.10 bits per heavy atom. The van der Waals surface area contributed by atoms with Gasteiger partial charge in [0.2, 0.25) is 0 Å². The van der Waals surface area contributed by atoms with Crippen molar-refractivity contribution in [2.75, 3.05) is 0 Å². The Bertz CT molecular complexity index is 976. The molecule has 1 aromatic rings. The van der Waals surface area contributed by atoms with E-state index in [0.717, 1.165) is 0 Å². The second-order valence-electron chi connectivity index (χ2n) is 5.76. The molecule has 0 spiro atoms. The molecule has 0 N–H and O–H groups in total. The molecule has 116 valence electrons. The maximum absolute atomic E-state index is 10.5. The molecule has 0 aliphatic rings. The van der Waals surface area contributed by atoms with Crippen LogP contribution in [0.2, 0.25) is 0 Å². The van der Waals surface area contributed by atoms with Gasteiger partial charge < -0.3 is 0 Å². The van der Waals surface area contributed by atoms with Crippen LogP contribution in [0.5, 0.6) is 5.75 Å². The van der Waals surface area contributed by atoms with Gasteiger partial charge in [-0.2, -0.15) is 0 Å². The first-order valence-electron chi connectivity index (χ1n) is 9.68. The fourth-order valence-electron chi connectivity index (χ4n) is 1.94. The van der Waals surface area contributed by atoms with Crippen molar-refractivity contribution < 1.29 is 4.65 Å². The van der Waals surface area contributed by atoms with E-state index < -0.39 is 0 Å². The summed E-state index contributed by atoms with van der Waals surface area (Å²) in [4.78, 5) is 10.5. The van der Waals surface area contributed by atoms with Crippen LogP contribution in [-0.4, -0.2) is 142 Å². The van der Waals surface area contributed by atoms with Gasteiger partial charge in [-0.3, -0.25) is 0 Å². The Labute approximate surface area is 205 Å². The summed E-state index contributed by atoms with van der Waals surface area (Å²) in [6, 6.07) is 4.88. The third-order valence-corrected chi connectivity index (χ3v) is 4.00. The van der Waals surface area contributed by atoms with Crippen LogP contribution in [0.4, 0.5) is 5.69 Å². The number of hydrogen-bond donors (Lipinski definition) is 0. The SMILES string of the molecule is BB=BB=BB=BB=BB=BB=BB=BB=BB=BB=BOc1ccc(N=O)cc1Br. The molecule has 0 aromatic heterocycles. The molecule has 0 saturated heterocycles. The summed E-state index contributed by atoms with van der Waals surface area (Å²) in [5.41, 5.74) is 0.348. The number of benzene rings is 1. The molecule has 0 amide bonds. The summed E-state index contributed by atoms with van der Waals surface area (Å²) in [7, 11) is 3.55. The molecule has 25 heteroatoms. The van der Waals surface area contributed by atoms with Crippen LogP contribution >= 0.6 is 15.9 Å². The molecule has 31 heavy (non-hydrogen) atoms. The first-order valence-corrected chi connectivity index (χ1v) is 10.5. The summed E-state index contributed by atoms with van der Waals surface area (Å²) in [5.74, 6) is 0.612. The van der Waals surface area contributed by atoms with Crippen molar-refractivity contribution in [3.05, 3.63) is 27.6 Å². The minimum atomic E-state index is 0.348. The van der Waals surface area contributed by atoms with Crippen molar-refractivity contribution in [2.45, 2.75) is 0 Å². The number of nitroso groups, excluding NO2 is 1. The van der Waals surface area contributed by atoms with Crippen molar-refractivity contribution >= 4 is 164 Å². The molecule has 1 rings (SSSR count). The first kappa shape index (κ1) is 29.5. The van der Waals surface area contributed by atoms with Crippen LogP contribution < -0.4 is 4.65 Å². The Balaban J connectivity index is 2.24. The van der Waals surface area contributed by atoms with Gasteiger partial charge in [0.05, 0.1) is 0 Å². The standard InChI is InChI=1S/C6H5B21BrNO2/c7-8-9-10-11-12-13-14-15-16-17-18-19-20-21-22-23-24-25-26-27-31-6-2-1-4(29-30)3-5(6)28/h1-3H,7H2. The second-order valence-corrected chi connectivity index (χ2v) is 6.61. The molecule has 0 atom stereocenters. The van der Waals surface area contributed by atoms with Gasteiger partial charge in [0, 0.05) is 0 Å². The zero-order chi connectivity index (χ0) is 22.4. The Morgan fingerprint density at radius 3 is 1.48 bits per heavy atom. The summed E-state index contributed by atoms with van der Waals surface area (Å²) in [5, 5.41) is 2.87. The van der Waals surface area contributed by atoms with E-state index in [1.165, 1.54) is 0 Å². The average Bonchev–Trinajstić information content (AvgIpc) is 2.78. The van der Waals surface area contributed by atoms with Crippen LogP contribution in [-0.2, 0) is 0 Å². The fourth-order valence-corrected chi connectivity index (χ4v) is 2.40. The van der Waals surface area contributed by atoms with Crippen LogP contribution in [0.3, 0.4) is 0 Å². The third-order valence-electron chi connectivity index (χ3n) is 3.38. The van der Waals surface area contributed by atoms with E-state index in [0.29, 0.717) is 15.9 Å². The van der Waals surface area contributed by atoms with Crippen LogP contribution in [0, 0.1) is 4.91 Å². The monoisotopic (exact) mass is 433 g/mol. The van der Waals surface area contributed by atoms with Gasteiger partial charge in [0.1, 0.15) is 0 Å². The van der Waals surface area contributed by atoms with Gasteiger partial charge in [0.25, 0.3) is 0 Å². The van der Waals surface area contributed by atoms with Gasteiger partial charge in [-0.05, 0) is 0 Å². The van der Waals surface area contributed by atoms with E-state index in [2.05, 4.69) is 21.1 Å². The Morgan fingerprint density at radius 1 is 0.677 bits per heavy atom. The van der Waals surface area contributed by atoms with Gasteiger partial charge in [-0.25, -0.2) is 0 Å². The molecule has 0 fully saturated rings. The van der Waals surface area contributed by atoms with E-state index in [1.54, 1.807) is 31.9 Å². The quantitative estimate of drug-likeness (QED) is 0.245. The first-order chi connectivity index (χ1) is 15.3. The zero-order valence-corrected chi connectivity index (χ0v) is 19.0. The van der Waals surface area contributed by atoms with Crippen molar-refractivity contribution in [2.24, 2.45) is 5.18 Å². The molecule has 0 heterocycles. The van der Waals surface area contributed by atoms with E-state index >= 15 is 0 Å². The number of nitrogens with zero attached hydrogens (tertiary/aromatic N) is 1. The summed E-state index contributed by atoms with van der Waals surface area (Å²) in [6.07, 6.45) is 0. The van der Waals surface area contributed by atoms with E-state index in [9.17, 15) is 4.91 Å². The van der Waals surface area contributed by atoms with Crippen molar-refractivity contribution in [3.63, 3.8) is 0 Å². The molecular formula is C6H5B21BrNO2. The van der Waals surface area contributed by atoms with E-state index in [-0.39, 0.29) is 0 Å². The average molecular weight is 430 g/mol. The number of halogens is 1.